The third-order valence-corrected chi connectivity index (χ3v) is 2.70. The van der Waals surface area contributed by atoms with Gasteiger partial charge in [0.2, 0.25) is 0 Å². The molecule has 0 aliphatic rings. The van der Waals surface area contributed by atoms with Crippen LogP contribution in [-0.2, 0) is 11.2 Å². The number of rotatable bonds is 2. The van der Waals surface area contributed by atoms with E-state index in [4.69, 9.17) is 16.3 Å². The summed E-state index contributed by atoms with van der Waals surface area (Å²) < 4.78 is 4.69. The molecule has 0 saturated carbocycles. The Labute approximate surface area is 97.6 Å². The molecule has 1 heterocycles. The SMILES string of the molecule is CCc1nc2c(C(=O)OC)ccc(Cl)c2[nH]1. The monoisotopic (exact) mass is 238 g/mol. The van der Waals surface area contributed by atoms with E-state index in [0.29, 0.717) is 21.6 Å². The predicted octanol–water partition coefficient (Wildman–Crippen LogP) is 2.57. The summed E-state index contributed by atoms with van der Waals surface area (Å²) in [5.41, 5.74) is 1.68. The lowest BCUT2D eigenvalue weighted by molar-refractivity contribution is 0.0603. The molecule has 84 valence electrons. The van der Waals surface area contributed by atoms with Crippen molar-refractivity contribution >= 4 is 28.6 Å². The molecule has 5 heteroatoms. The summed E-state index contributed by atoms with van der Waals surface area (Å²) in [4.78, 5) is 18.9. The van der Waals surface area contributed by atoms with Crippen LogP contribution in [0.3, 0.4) is 0 Å². The molecule has 0 unspecified atom stereocenters. The maximum atomic E-state index is 11.5. The van der Waals surface area contributed by atoms with E-state index in [1.54, 1.807) is 12.1 Å². The van der Waals surface area contributed by atoms with Crippen LogP contribution in [0.1, 0.15) is 23.1 Å². The van der Waals surface area contributed by atoms with Crippen molar-refractivity contribution in [2.75, 3.05) is 7.11 Å². The van der Waals surface area contributed by atoms with Crippen LogP contribution >= 0.6 is 11.6 Å². The van der Waals surface area contributed by atoms with Gasteiger partial charge in [0, 0.05) is 6.42 Å². The first-order chi connectivity index (χ1) is 7.67. The third kappa shape index (κ3) is 1.65. The number of benzene rings is 1. The minimum atomic E-state index is -0.407. The fourth-order valence-electron chi connectivity index (χ4n) is 1.55. The average molecular weight is 239 g/mol. The topological polar surface area (TPSA) is 55.0 Å². The van der Waals surface area contributed by atoms with E-state index in [-0.39, 0.29) is 0 Å². The summed E-state index contributed by atoms with van der Waals surface area (Å²) in [6, 6.07) is 3.28. The molecule has 2 aromatic rings. The van der Waals surface area contributed by atoms with Crippen molar-refractivity contribution in [3.05, 3.63) is 28.5 Å². The minimum Gasteiger partial charge on any atom is -0.465 e. The van der Waals surface area contributed by atoms with Crippen molar-refractivity contribution in [2.45, 2.75) is 13.3 Å². The first-order valence-electron chi connectivity index (χ1n) is 4.92. The van der Waals surface area contributed by atoms with Crippen LogP contribution in [0.4, 0.5) is 0 Å². The molecule has 0 amide bonds. The van der Waals surface area contributed by atoms with Crippen LogP contribution in [0.5, 0.6) is 0 Å². The van der Waals surface area contributed by atoms with Gasteiger partial charge in [0.15, 0.2) is 0 Å². The summed E-state index contributed by atoms with van der Waals surface area (Å²) in [6.45, 7) is 1.98. The smallest absolute Gasteiger partial charge is 0.340 e. The quantitative estimate of drug-likeness (QED) is 0.818. The molecule has 0 spiro atoms. The van der Waals surface area contributed by atoms with E-state index in [1.807, 2.05) is 6.92 Å². The molecule has 0 fully saturated rings. The van der Waals surface area contributed by atoms with Gasteiger partial charge in [-0.25, -0.2) is 9.78 Å². The molecule has 4 nitrogen and oxygen atoms in total. The number of aromatic amines is 1. The molecule has 0 bridgehead atoms. The van der Waals surface area contributed by atoms with Crippen molar-refractivity contribution in [3.8, 4) is 0 Å². The highest BCUT2D eigenvalue weighted by Gasteiger charge is 2.15. The van der Waals surface area contributed by atoms with Crippen LogP contribution in [0.25, 0.3) is 11.0 Å². The Hall–Kier alpha value is -1.55. The van der Waals surface area contributed by atoms with Gasteiger partial charge in [-0.1, -0.05) is 18.5 Å². The van der Waals surface area contributed by atoms with Crippen molar-refractivity contribution in [1.82, 2.24) is 9.97 Å². The zero-order valence-corrected chi connectivity index (χ0v) is 9.76. The van der Waals surface area contributed by atoms with Crippen LogP contribution < -0.4 is 0 Å². The fraction of sp³-hybridized carbons (Fsp3) is 0.273. The Morgan fingerprint density at radius 3 is 2.94 bits per heavy atom. The van der Waals surface area contributed by atoms with E-state index >= 15 is 0 Å². The van der Waals surface area contributed by atoms with Gasteiger partial charge < -0.3 is 9.72 Å². The highest BCUT2D eigenvalue weighted by Crippen LogP contribution is 2.25. The standard InChI is InChI=1S/C11H11ClN2O2/c1-3-8-13-9-6(11(15)16-2)4-5-7(12)10(9)14-8/h4-5H,3H2,1-2H3,(H,13,14). The number of ether oxygens (including phenoxy) is 1. The minimum absolute atomic E-state index is 0.407. The lowest BCUT2D eigenvalue weighted by atomic mass is 10.2. The molecule has 1 aromatic carbocycles. The Bertz CT molecular complexity index is 548. The van der Waals surface area contributed by atoms with Gasteiger partial charge in [0.05, 0.1) is 23.2 Å². The molecule has 0 radical (unpaired) electrons. The molecule has 1 N–H and O–H groups in total. The molecule has 0 saturated heterocycles. The zero-order chi connectivity index (χ0) is 11.7. The van der Waals surface area contributed by atoms with Crippen molar-refractivity contribution in [1.29, 1.82) is 0 Å². The van der Waals surface area contributed by atoms with E-state index in [2.05, 4.69) is 9.97 Å². The highest BCUT2D eigenvalue weighted by atomic mass is 35.5. The van der Waals surface area contributed by atoms with E-state index in [0.717, 1.165) is 12.2 Å². The number of esters is 1. The molecule has 0 atom stereocenters. The van der Waals surface area contributed by atoms with Gasteiger partial charge in [-0.15, -0.1) is 0 Å². The van der Waals surface area contributed by atoms with Gasteiger partial charge >= 0.3 is 5.97 Å². The first kappa shape index (κ1) is 11.0. The Morgan fingerprint density at radius 1 is 1.56 bits per heavy atom. The third-order valence-electron chi connectivity index (χ3n) is 2.38. The van der Waals surface area contributed by atoms with Gasteiger partial charge in [-0.2, -0.15) is 0 Å². The lowest BCUT2D eigenvalue weighted by Crippen LogP contribution is -2.02. The molecular formula is C11H11ClN2O2. The first-order valence-corrected chi connectivity index (χ1v) is 5.30. The Kier molecular flexibility index (Phi) is 2.83. The largest absolute Gasteiger partial charge is 0.465 e. The Morgan fingerprint density at radius 2 is 2.31 bits per heavy atom. The number of hydrogen-bond acceptors (Lipinski definition) is 3. The zero-order valence-electron chi connectivity index (χ0n) is 9.00. The van der Waals surface area contributed by atoms with Crippen molar-refractivity contribution in [3.63, 3.8) is 0 Å². The van der Waals surface area contributed by atoms with Crippen LogP contribution in [0.15, 0.2) is 12.1 Å². The molecule has 2 rings (SSSR count). The fourth-order valence-corrected chi connectivity index (χ4v) is 1.75. The van der Waals surface area contributed by atoms with E-state index in [9.17, 15) is 4.79 Å². The number of fused-ring (bicyclic) bond motifs is 1. The number of methoxy groups -OCH3 is 1. The number of aromatic nitrogens is 2. The summed E-state index contributed by atoms with van der Waals surface area (Å²) in [5, 5.41) is 0.551. The molecule has 0 aliphatic carbocycles. The lowest BCUT2D eigenvalue weighted by Gasteiger charge is -2.00. The van der Waals surface area contributed by atoms with Gasteiger partial charge in [-0.3, -0.25) is 0 Å². The summed E-state index contributed by atoms with van der Waals surface area (Å²) in [5.74, 6) is 0.393. The second kappa shape index (κ2) is 4.14. The number of nitrogens with zero attached hydrogens (tertiary/aromatic N) is 1. The van der Waals surface area contributed by atoms with Gasteiger partial charge in [0.1, 0.15) is 11.3 Å². The summed E-state index contributed by atoms with van der Waals surface area (Å²) in [7, 11) is 1.34. The van der Waals surface area contributed by atoms with E-state index < -0.39 is 5.97 Å². The van der Waals surface area contributed by atoms with Crippen molar-refractivity contribution < 1.29 is 9.53 Å². The Balaban J connectivity index is 2.72. The molecule has 0 aliphatic heterocycles. The predicted molar refractivity (Wildman–Crippen MR) is 61.8 cm³/mol. The number of nitrogens with one attached hydrogen (secondary N) is 1. The number of halogens is 1. The van der Waals surface area contributed by atoms with Gasteiger partial charge in [0.25, 0.3) is 0 Å². The summed E-state index contributed by atoms with van der Waals surface area (Å²) in [6.07, 6.45) is 0.756. The maximum absolute atomic E-state index is 11.5. The van der Waals surface area contributed by atoms with Crippen molar-refractivity contribution in [2.24, 2.45) is 0 Å². The van der Waals surface area contributed by atoms with Crippen LogP contribution in [0.2, 0.25) is 5.02 Å². The molecular weight excluding hydrogens is 228 g/mol. The number of imidazole rings is 1. The van der Waals surface area contributed by atoms with Gasteiger partial charge in [-0.05, 0) is 12.1 Å². The maximum Gasteiger partial charge on any atom is 0.340 e. The molecule has 16 heavy (non-hydrogen) atoms. The average Bonchev–Trinajstić information content (AvgIpc) is 2.73. The number of carbonyl (C=O) groups excluding carboxylic acids is 1. The number of aryl methyl sites for hydroxylation is 1. The number of hydrogen-bond donors (Lipinski definition) is 1. The highest BCUT2D eigenvalue weighted by molar-refractivity contribution is 6.35. The van der Waals surface area contributed by atoms with Crippen LogP contribution in [0, 0.1) is 0 Å². The number of carbonyl (C=O) groups is 1. The normalized spacial score (nSPS) is 10.7. The molecule has 1 aromatic heterocycles. The summed E-state index contributed by atoms with van der Waals surface area (Å²) >= 11 is 6.02. The second-order valence-electron chi connectivity index (χ2n) is 3.35. The van der Waals surface area contributed by atoms with E-state index in [1.165, 1.54) is 7.11 Å². The second-order valence-corrected chi connectivity index (χ2v) is 3.75. The number of H-pyrrole nitrogens is 1. The van der Waals surface area contributed by atoms with Crippen LogP contribution in [-0.4, -0.2) is 23.0 Å².